The molecule has 3 nitrogen and oxygen atoms in total. The first kappa shape index (κ1) is 12.1. The van der Waals surface area contributed by atoms with Gasteiger partial charge in [0.1, 0.15) is 5.78 Å². The van der Waals surface area contributed by atoms with Crippen molar-refractivity contribution in [1.29, 1.82) is 0 Å². The van der Waals surface area contributed by atoms with Crippen LogP contribution in [0.3, 0.4) is 0 Å². The maximum absolute atomic E-state index is 11.7. The Labute approximate surface area is 103 Å². The molecule has 1 aromatic heterocycles. The third-order valence-corrected chi connectivity index (χ3v) is 3.83. The van der Waals surface area contributed by atoms with Crippen LogP contribution in [0.15, 0.2) is 12.1 Å². The monoisotopic (exact) mass is 232 g/mol. The van der Waals surface area contributed by atoms with Crippen LogP contribution < -0.4 is 4.90 Å². The molecule has 3 heteroatoms. The lowest BCUT2D eigenvalue weighted by molar-refractivity contribution is -0.123. The quantitative estimate of drug-likeness (QED) is 0.746. The highest BCUT2D eigenvalue weighted by atomic mass is 16.1. The molecule has 2 atom stereocenters. The van der Waals surface area contributed by atoms with Crippen LogP contribution in [0.25, 0.3) is 0 Å². The smallest absolute Gasteiger partial charge is 0.139 e. The third-order valence-electron chi connectivity index (χ3n) is 3.83. The number of Topliss-reactive ketones (excluding diaryl/α,β-unsaturated/α-hetero) is 1. The summed E-state index contributed by atoms with van der Waals surface area (Å²) in [6.45, 7) is 9.01. The molecule has 1 aromatic rings. The molecule has 1 aliphatic heterocycles. The number of rotatable bonds is 1. The summed E-state index contributed by atoms with van der Waals surface area (Å²) in [7, 11) is 0. The molecule has 0 radical (unpaired) electrons. The van der Waals surface area contributed by atoms with Gasteiger partial charge in [-0.3, -0.25) is 9.78 Å². The van der Waals surface area contributed by atoms with Crippen molar-refractivity contribution >= 4 is 11.5 Å². The summed E-state index contributed by atoms with van der Waals surface area (Å²) in [5, 5.41) is 0. The molecule has 92 valence electrons. The summed E-state index contributed by atoms with van der Waals surface area (Å²) < 4.78 is 0. The number of carbonyl (C=O) groups is 1. The van der Waals surface area contributed by atoms with Gasteiger partial charge in [-0.05, 0) is 32.9 Å². The zero-order valence-corrected chi connectivity index (χ0v) is 11.0. The summed E-state index contributed by atoms with van der Waals surface area (Å²) >= 11 is 0. The number of aryl methyl sites for hydroxylation is 2. The van der Waals surface area contributed by atoms with Crippen molar-refractivity contribution in [3.8, 4) is 0 Å². The van der Waals surface area contributed by atoms with Crippen LogP contribution >= 0.6 is 0 Å². The predicted octanol–water partition coefficient (Wildman–Crippen LogP) is 2.50. The average Bonchev–Trinajstić information content (AvgIpc) is 2.28. The fourth-order valence-corrected chi connectivity index (χ4v) is 2.52. The van der Waals surface area contributed by atoms with Crippen LogP contribution in [0.4, 0.5) is 5.69 Å². The average molecular weight is 232 g/mol. The largest absolute Gasteiger partial charge is 0.366 e. The van der Waals surface area contributed by atoms with Crippen molar-refractivity contribution in [3.63, 3.8) is 0 Å². The van der Waals surface area contributed by atoms with Crippen molar-refractivity contribution in [2.45, 2.75) is 40.2 Å². The Morgan fingerprint density at radius 3 is 2.65 bits per heavy atom. The fourth-order valence-electron chi connectivity index (χ4n) is 2.52. The first-order chi connectivity index (χ1) is 8.00. The number of carbonyl (C=O) groups excluding carboxylic acids is 1. The zero-order chi connectivity index (χ0) is 12.6. The molecule has 2 rings (SSSR count). The van der Waals surface area contributed by atoms with Crippen LogP contribution in [0, 0.1) is 19.8 Å². The van der Waals surface area contributed by atoms with Crippen molar-refractivity contribution in [3.05, 3.63) is 23.5 Å². The molecule has 0 spiro atoms. The normalized spacial score (nSPS) is 25.2. The summed E-state index contributed by atoms with van der Waals surface area (Å²) in [6.07, 6.45) is 0.652. The van der Waals surface area contributed by atoms with Gasteiger partial charge in [0, 0.05) is 30.6 Å². The Bertz CT molecular complexity index is 442. The Balaban J connectivity index is 2.31. The second kappa shape index (κ2) is 4.47. The van der Waals surface area contributed by atoms with Crippen LogP contribution in [0.2, 0.25) is 0 Å². The number of nitrogens with zero attached hydrogens (tertiary/aromatic N) is 2. The standard InChI is InChI=1S/C14H20N2O/c1-9-5-6-13(11(3)15-9)16-8-7-14(17)10(2)12(16)4/h5-6,10,12H,7-8H2,1-4H3. The first-order valence-corrected chi connectivity index (χ1v) is 6.24. The minimum absolute atomic E-state index is 0.115. The summed E-state index contributed by atoms with van der Waals surface area (Å²) in [5.41, 5.74) is 3.26. The molecule has 1 fully saturated rings. The molecular formula is C14H20N2O. The number of anilines is 1. The van der Waals surface area contributed by atoms with Gasteiger partial charge in [0.05, 0.1) is 11.4 Å². The van der Waals surface area contributed by atoms with Crippen molar-refractivity contribution in [2.75, 3.05) is 11.4 Å². The minimum atomic E-state index is 0.115. The van der Waals surface area contributed by atoms with E-state index >= 15 is 0 Å². The van der Waals surface area contributed by atoms with Crippen LogP contribution in [-0.4, -0.2) is 23.4 Å². The lowest BCUT2D eigenvalue weighted by atomic mass is 9.90. The maximum Gasteiger partial charge on any atom is 0.139 e. The molecule has 0 aromatic carbocycles. The van der Waals surface area contributed by atoms with E-state index in [1.807, 2.05) is 26.8 Å². The van der Waals surface area contributed by atoms with Crippen molar-refractivity contribution in [2.24, 2.45) is 5.92 Å². The summed E-state index contributed by atoms with van der Waals surface area (Å²) in [5.74, 6) is 0.496. The highest BCUT2D eigenvalue weighted by Crippen LogP contribution is 2.28. The Morgan fingerprint density at radius 1 is 1.29 bits per heavy atom. The number of piperidine rings is 1. The van der Waals surface area contributed by atoms with E-state index in [2.05, 4.69) is 22.9 Å². The highest BCUT2D eigenvalue weighted by molar-refractivity contribution is 5.84. The van der Waals surface area contributed by atoms with Crippen LogP contribution in [0.1, 0.15) is 31.7 Å². The topological polar surface area (TPSA) is 33.2 Å². The van der Waals surface area contributed by atoms with Gasteiger partial charge in [0.25, 0.3) is 0 Å². The summed E-state index contributed by atoms with van der Waals surface area (Å²) in [4.78, 5) is 18.5. The fraction of sp³-hybridized carbons (Fsp3) is 0.571. The Kier molecular flexibility index (Phi) is 3.18. The van der Waals surface area contributed by atoms with Gasteiger partial charge in [-0.25, -0.2) is 0 Å². The van der Waals surface area contributed by atoms with E-state index in [1.54, 1.807) is 0 Å². The maximum atomic E-state index is 11.7. The lowest BCUT2D eigenvalue weighted by Gasteiger charge is -2.39. The number of pyridine rings is 1. The second-order valence-corrected chi connectivity index (χ2v) is 5.00. The number of aromatic nitrogens is 1. The molecule has 1 saturated heterocycles. The third kappa shape index (κ3) is 2.19. The SMILES string of the molecule is Cc1ccc(N2CCC(=O)C(C)C2C)c(C)n1. The van der Waals surface area contributed by atoms with Crippen LogP contribution in [0.5, 0.6) is 0 Å². The zero-order valence-electron chi connectivity index (χ0n) is 11.0. The molecule has 0 saturated carbocycles. The van der Waals surface area contributed by atoms with Gasteiger partial charge in [-0.15, -0.1) is 0 Å². The summed E-state index contributed by atoms with van der Waals surface area (Å²) in [6, 6.07) is 4.42. The number of hydrogen-bond donors (Lipinski definition) is 0. The van der Waals surface area contributed by atoms with Crippen molar-refractivity contribution < 1.29 is 4.79 Å². The van der Waals surface area contributed by atoms with E-state index in [-0.39, 0.29) is 12.0 Å². The first-order valence-electron chi connectivity index (χ1n) is 6.24. The van der Waals surface area contributed by atoms with Crippen LogP contribution in [-0.2, 0) is 4.79 Å². The molecule has 0 aliphatic carbocycles. The Hall–Kier alpha value is -1.38. The molecular weight excluding hydrogens is 212 g/mol. The van der Waals surface area contributed by atoms with Gasteiger partial charge >= 0.3 is 0 Å². The van der Waals surface area contributed by atoms with E-state index in [0.717, 1.165) is 17.9 Å². The van der Waals surface area contributed by atoms with E-state index in [4.69, 9.17) is 0 Å². The van der Waals surface area contributed by atoms with Gasteiger partial charge in [0.2, 0.25) is 0 Å². The molecule has 0 bridgehead atoms. The molecule has 2 unspecified atom stereocenters. The number of ketones is 1. The number of hydrogen-bond acceptors (Lipinski definition) is 3. The molecule has 0 N–H and O–H groups in total. The molecule has 0 amide bonds. The lowest BCUT2D eigenvalue weighted by Crippen LogP contribution is -2.47. The van der Waals surface area contributed by atoms with Gasteiger partial charge in [-0.2, -0.15) is 0 Å². The van der Waals surface area contributed by atoms with E-state index in [1.165, 1.54) is 5.69 Å². The minimum Gasteiger partial charge on any atom is -0.366 e. The van der Waals surface area contributed by atoms with E-state index < -0.39 is 0 Å². The van der Waals surface area contributed by atoms with Gasteiger partial charge < -0.3 is 4.90 Å². The second-order valence-electron chi connectivity index (χ2n) is 5.00. The Morgan fingerprint density at radius 2 is 2.00 bits per heavy atom. The molecule has 17 heavy (non-hydrogen) atoms. The van der Waals surface area contributed by atoms with Gasteiger partial charge in [0.15, 0.2) is 0 Å². The molecule has 1 aliphatic rings. The van der Waals surface area contributed by atoms with Gasteiger partial charge in [-0.1, -0.05) is 6.92 Å². The molecule has 2 heterocycles. The highest BCUT2D eigenvalue weighted by Gasteiger charge is 2.31. The van der Waals surface area contributed by atoms with E-state index in [9.17, 15) is 4.79 Å². The van der Waals surface area contributed by atoms with Crippen molar-refractivity contribution in [1.82, 2.24) is 4.98 Å². The predicted molar refractivity (Wildman–Crippen MR) is 69.3 cm³/mol. The van der Waals surface area contributed by atoms with E-state index in [0.29, 0.717) is 12.2 Å².